The van der Waals surface area contributed by atoms with Crippen molar-refractivity contribution in [3.05, 3.63) is 35.4 Å². The van der Waals surface area contributed by atoms with Crippen molar-refractivity contribution >= 4 is 11.9 Å². The second-order valence-corrected chi connectivity index (χ2v) is 2.56. The number of carbonyl (C=O) groups excluding carboxylic acids is 2. The van der Waals surface area contributed by atoms with E-state index < -0.39 is 11.9 Å². The quantitative estimate of drug-likeness (QED) is 0.666. The molecule has 0 heterocycles. The Morgan fingerprint density at radius 3 is 1.36 bits per heavy atom. The average Bonchev–Trinajstić information content (AvgIpc) is 2.27. The lowest BCUT2D eigenvalue weighted by Gasteiger charge is -2.00. The molecule has 4 heteroatoms. The van der Waals surface area contributed by atoms with Crippen LogP contribution in [0.15, 0.2) is 24.3 Å². The first-order valence-electron chi connectivity index (χ1n) is 3.95. The van der Waals surface area contributed by atoms with Crippen molar-refractivity contribution in [2.24, 2.45) is 0 Å². The summed E-state index contributed by atoms with van der Waals surface area (Å²) in [6, 6.07) is 6.05. The van der Waals surface area contributed by atoms with Crippen LogP contribution in [-0.2, 0) is 9.47 Å². The molecule has 0 saturated heterocycles. The summed E-state index contributed by atoms with van der Waals surface area (Å²) in [6.45, 7) is 0. The fourth-order valence-corrected chi connectivity index (χ4v) is 0.978. The van der Waals surface area contributed by atoms with E-state index in [0.717, 1.165) is 0 Å². The Hall–Kier alpha value is -1.84. The van der Waals surface area contributed by atoms with Crippen LogP contribution < -0.4 is 0 Å². The van der Waals surface area contributed by atoms with Gasteiger partial charge in [0.05, 0.1) is 25.3 Å². The zero-order valence-electron chi connectivity index (χ0n) is 7.94. The van der Waals surface area contributed by atoms with Gasteiger partial charge in [-0.15, -0.1) is 0 Å². The van der Waals surface area contributed by atoms with E-state index in [4.69, 9.17) is 0 Å². The Bertz CT molecular complexity index is 305. The second-order valence-electron chi connectivity index (χ2n) is 2.56. The molecule has 0 N–H and O–H groups in total. The molecule has 1 rings (SSSR count). The van der Waals surface area contributed by atoms with Gasteiger partial charge in [0.2, 0.25) is 0 Å². The van der Waals surface area contributed by atoms with Gasteiger partial charge in [-0.3, -0.25) is 0 Å². The summed E-state index contributed by atoms with van der Waals surface area (Å²) in [5.41, 5.74) is 0.806. The molecule has 0 fully saturated rings. The van der Waals surface area contributed by atoms with Crippen molar-refractivity contribution in [3.8, 4) is 0 Å². The van der Waals surface area contributed by atoms with Gasteiger partial charge < -0.3 is 9.47 Å². The van der Waals surface area contributed by atoms with E-state index in [1.54, 1.807) is 0 Å². The van der Waals surface area contributed by atoms with Gasteiger partial charge in [-0.2, -0.15) is 0 Å². The first-order valence-corrected chi connectivity index (χ1v) is 3.95. The molecule has 0 radical (unpaired) electrons. The van der Waals surface area contributed by atoms with Crippen molar-refractivity contribution in [1.29, 1.82) is 0 Å². The van der Waals surface area contributed by atoms with Crippen molar-refractivity contribution < 1.29 is 19.1 Å². The summed E-state index contributed by atoms with van der Waals surface area (Å²) >= 11 is 0. The predicted octanol–water partition coefficient (Wildman–Crippen LogP) is 1.26. The van der Waals surface area contributed by atoms with Crippen LogP contribution in [0.25, 0.3) is 0 Å². The van der Waals surface area contributed by atoms with E-state index in [9.17, 15) is 9.59 Å². The summed E-state index contributed by atoms with van der Waals surface area (Å²) in [4.78, 5) is 22.1. The second kappa shape index (κ2) is 4.41. The highest BCUT2D eigenvalue weighted by Crippen LogP contribution is 2.06. The Morgan fingerprint density at radius 1 is 0.857 bits per heavy atom. The van der Waals surface area contributed by atoms with E-state index in [0.29, 0.717) is 11.1 Å². The molecule has 0 aliphatic carbocycles. The van der Waals surface area contributed by atoms with Crippen molar-refractivity contribution in [3.63, 3.8) is 0 Å². The summed E-state index contributed by atoms with van der Waals surface area (Å²) in [5, 5.41) is 0. The maximum atomic E-state index is 11.0. The monoisotopic (exact) mass is 195 g/mol. The fourth-order valence-electron chi connectivity index (χ4n) is 0.978. The molecule has 0 unspecified atom stereocenters. The number of hydrogen-bond donors (Lipinski definition) is 0. The Labute approximate surface area is 81.4 Å². The third-order valence-electron chi connectivity index (χ3n) is 1.73. The minimum Gasteiger partial charge on any atom is -0.465 e. The van der Waals surface area contributed by atoms with Gasteiger partial charge in [0.15, 0.2) is 0 Å². The summed E-state index contributed by atoms with van der Waals surface area (Å²) in [7, 11) is 2.60. The van der Waals surface area contributed by atoms with E-state index in [1.165, 1.54) is 38.5 Å². The molecule has 0 atom stereocenters. The van der Waals surface area contributed by atoms with Gasteiger partial charge >= 0.3 is 11.9 Å². The van der Waals surface area contributed by atoms with Crippen LogP contribution in [0.1, 0.15) is 20.7 Å². The van der Waals surface area contributed by atoms with E-state index in [1.807, 2.05) is 0 Å². The SMILES string of the molecule is COC(=O)c1cc[13c](C(=O)OC)cc1. The number of benzene rings is 1. The number of hydrogen-bond acceptors (Lipinski definition) is 4. The smallest absolute Gasteiger partial charge is 0.337 e. The van der Waals surface area contributed by atoms with E-state index in [2.05, 4.69) is 9.47 Å². The molecule has 0 aliphatic rings. The minimum absolute atomic E-state index is 0.403. The molecule has 1 aromatic carbocycles. The summed E-state index contributed by atoms with van der Waals surface area (Å²) in [5.74, 6) is -0.858. The van der Waals surface area contributed by atoms with Gasteiger partial charge in [-0.05, 0) is 24.3 Å². The molecule has 1 aromatic rings. The molecule has 0 amide bonds. The van der Waals surface area contributed by atoms with Crippen LogP contribution in [0.5, 0.6) is 0 Å². The van der Waals surface area contributed by atoms with Crippen LogP contribution in [0, 0.1) is 0 Å². The molecule has 74 valence electrons. The first-order chi connectivity index (χ1) is 6.69. The fraction of sp³-hybridized carbons (Fsp3) is 0.200. The summed E-state index contributed by atoms with van der Waals surface area (Å²) < 4.78 is 9.02. The molecule has 0 bridgehead atoms. The first kappa shape index (κ1) is 10.2. The standard InChI is InChI=1S/C10H10O4/c1-13-9(11)7-3-5-8(6-4-7)10(12)14-2/h3-6H,1-2H3/i7+1. The zero-order valence-corrected chi connectivity index (χ0v) is 7.94. The van der Waals surface area contributed by atoms with Gasteiger partial charge in [0.1, 0.15) is 0 Å². The Kier molecular flexibility index (Phi) is 3.23. The normalized spacial score (nSPS) is 9.29. The maximum Gasteiger partial charge on any atom is 0.337 e. The van der Waals surface area contributed by atoms with Crippen LogP contribution in [0.2, 0.25) is 0 Å². The van der Waals surface area contributed by atoms with Gasteiger partial charge in [-0.1, -0.05) is 0 Å². The highest BCUT2D eigenvalue weighted by molar-refractivity contribution is 5.93. The third kappa shape index (κ3) is 2.10. The van der Waals surface area contributed by atoms with E-state index in [-0.39, 0.29) is 0 Å². The lowest BCUT2D eigenvalue weighted by molar-refractivity contribution is 0.0586. The van der Waals surface area contributed by atoms with Crippen molar-refractivity contribution in [2.45, 2.75) is 0 Å². The highest BCUT2D eigenvalue weighted by Gasteiger charge is 2.08. The minimum atomic E-state index is -0.429. The largest absolute Gasteiger partial charge is 0.465 e. The number of ether oxygens (including phenoxy) is 2. The number of carbonyl (C=O) groups is 2. The lowest BCUT2D eigenvalue weighted by atomic mass is 10.2. The van der Waals surface area contributed by atoms with Crippen LogP contribution >= 0.6 is 0 Å². The molecule has 0 aromatic heterocycles. The molecule has 0 aliphatic heterocycles. The predicted molar refractivity (Wildman–Crippen MR) is 49.1 cm³/mol. The van der Waals surface area contributed by atoms with Gasteiger partial charge in [-0.25, -0.2) is 9.59 Å². The van der Waals surface area contributed by atoms with Crippen LogP contribution in [0.3, 0.4) is 0 Å². The average molecular weight is 195 g/mol. The van der Waals surface area contributed by atoms with Crippen LogP contribution in [0.4, 0.5) is 0 Å². The lowest BCUT2D eigenvalue weighted by Crippen LogP contribution is -2.04. The topological polar surface area (TPSA) is 52.6 Å². The number of esters is 2. The number of rotatable bonds is 2. The van der Waals surface area contributed by atoms with Gasteiger partial charge in [0.25, 0.3) is 0 Å². The molecule has 0 spiro atoms. The Balaban J connectivity index is 2.89. The Morgan fingerprint density at radius 2 is 1.14 bits per heavy atom. The molecule has 14 heavy (non-hydrogen) atoms. The molecular formula is C10H10O4. The maximum absolute atomic E-state index is 11.0. The highest BCUT2D eigenvalue weighted by atomic mass is 16.5. The zero-order chi connectivity index (χ0) is 10.6. The van der Waals surface area contributed by atoms with E-state index >= 15 is 0 Å². The van der Waals surface area contributed by atoms with Crippen molar-refractivity contribution in [2.75, 3.05) is 14.2 Å². The molecule has 0 saturated carbocycles. The number of methoxy groups -OCH3 is 2. The van der Waals surface area contributed by atoms with Crippen LogP contribution in [-0.4, -0.2) is 26.2 Å². The summed E-state index contributed by atoms with van der Waals surface area (Å²) in [6.07, 6.45) is 0. The van der Waals surface area contributed by atoms with Gasteiger partial charge in [0, 0.05) is 0 Å². The van der Waals surface area contributed by atoms with Crippen molar-refractivity contribution in [1.82, 2.24) is 0 Å². The molecule has 4 nitrogen and oxygen atoms in total. The molecular weight excluding hydrogens is 185 g/mol. The third-order valence-corrected chi connectivity index (χ3v) is 1.73.